The molecule has 16 heavy (non-hydrogen) atoms. The first-order valence-electron chi connectivity index (χ1n) is 5.73. The first-order chi connectivity index (χ1) is 7.66. The van der Waals surface area contributed by atoms with E-state index in [1.54, 1.807) is 0 Å². The Kier molecular flexibility index (Phi) is 3.47. The van der Waals surface area contributed by atoms with E-state index < -0.39 is 5.54 Å². The van der Waals surface area contributed by atoms with Gasteiger partial charge in [0.05, 0.1) is 26.4 Å². The van der Waals surface area contributed by atoms with Gasteiger partial charge in [-0.1, -0.05) is 0 Å². The second kappa shape index (κ2) is 4.69. The first kappa shape index (κ1) is 11.8. The number of rotatable bonds is 5. The van der Waals surface area contributed by atoms with Gasteiger partial charge in [0, 0.05) is 6.61 Å². The molecule has 0 aromatic carbocycles. The molecule has 2 atom stereocenters. The lowest BCUT2D eigenvalue weighted by Crippen LogP contribution is -2.55. The van der Waals surface area contributed by atoms with Crippen LogP contribution in [0.25, 0.3) is 0 Å². The van der Waals surface area contributed by atoms with Crippen LogP contribution in [-0.4, -0.2) is 44.5 Å². The summed E-state index contributed by atoms with van der Waals surface area (Å²) in [5.74, 6) is -0.156. The molecule has 2 N–H and O–H groups in total. The molecular formula is C11H19NO4. The lowest BCUT2D eigenvalue weighted by atomic mass is 9.96. The number of carbonyl (C=O) groups is 1. The van der Waals surface area contributed by atoms with Crippen LogP contribution in [0, 0.1) is 5.92 Å². The fourth-order valence-corrected chi connectivity index (χ4v) is 2.03. The van der Waals surface area contributed by atoms with Crippen molar-refractivity contribution in [3.63, 3.8) is 0 Å². The van der Waals surface area contributed by atoms with Gasteiger partial charge in [-0.3, -0.25) is 0 Å². The van der Waals surface area contributed by atoms with Gasteiger partial charge in [0.1, 0.15) is 5.54 Å². The summed E-state index contributed by atoms with van der Waals surface area (Å²) in [4.78, 5) is 11.7. The standard InChI is InChI=1S/C11H19NO4/c1-14-10(13)11(12,8-2-3-8)7-16-9-4-5-15-6-9/h8-9H,2-7,12H2,1H3. The average Bonchev–Trinajstić information content (AvgIpc) is 3.03. The number of hydrogen-bond donors (Lipinski definition) is 1. The lowest BCUT2D eigenvalue weighted by molar-refractivity contribution is -0.151. The topological polar surface area (TPSA) is 70.8 Å². The van der Waals surface area contributed by atoms with Crippen LogP contribution in [0.1, 0.15) is 19.3 Å². The highest BCUT2D eigenvalue weighted by Crippen LogP contribution is 2.39. The van der Waals surface area contributed by atoms with E-state index in [0.717, 1.165) is 25.9 Å². The molecule has 0 spiro atoms. The van der Waals surface area contributed by atoms with Gasteiger partial charge in [-0.15, -0.1) is 0 Å². The molecule has 1 saturated heterocycles. The molecule has 0 radical (unpaired) electrons. The van der Waals surface area contributed by atoms with E-state index in [2.05, 4.69) is 0 Å². The van der Waals surface area contributed by atoms with Crippen molar-refractivity contribution in [1.29, 1.82) is 0 Å². The smallest absolute Gasteiger partial charge is 0.328 e. The molecule has 0 aromatic heterocycles. The predicted molar refractivity (Wildman–Crippen MR) is 56.8 cm³/mol. The second-order valence-corrected chi connectivity index (χ2v) is 4.60. The molecule has 0 aromatic rings. The Morgan fingerprint density at radius 1 is 1.50 bits per heavy atom. The van der Waals surface area contributed by atoms with Crippen LogP contribution < -0.4 is 5.73 Å². The third-order valence-corrected chi connectivity index (χ3v) is 3.32. The Balaban J connectivity index is 1.89. The summed E-state index contributed by atoms with van der Waals surface area (Å²) in [7, 11) is 1.37. The van der Waals surface area contributed by atoms with E-state index in [0.29, 0.717) is 6.61 Å². The second-order valence-electron chi connectivity index (χ2n) is 4.60. The van der Waals surface area contributed by atoms with E-state index >= 15 is 0 Å². The van der Waals surface area contributed by atoms with E-state index in [4.69, 9.17) is 19.9 Å². The van der Waals surface area contributed by atoms with Gasteiger partial charge in [-0.25, -0.2) is 4.79 Å². The maximum atomic E-state index is 11.7. The Hall–Kier alpha value is -0.650. The largest absolute Gasteiger partial charge is 0.468 e. The molecule has 0 bridgehead atoms. The van der Waals surface area contributed by atoms with Gasteiger partial charge in [-0.05, 0) is 25.2 Å². The molecule has 1 aliphatic heterocycles. The lowest BCUT2D eigenvalue weighted by Gasteiger charge is -2.27. The van der Waals surface area contributed by atoms with Crippen LogP contribution >= 0.6 is 0 Å². The molecule has 2 unspecified atom stereocenters. The van der Waals surface area contributed by atoms with Gasteiger partial charge in [-0.2, -0.15) is 0 Å². The van der Waals surface area contributed by atoms with Crippen LogP contribution in [-0.2, 0) is 19.0 Å². The number of methoxy groups -OCH3 is 1. The van der Waals surface area contributed by atoms with Crippen molar-refractivity contribution < 1.29 is 19.0 Å². The van der Waals surface area contributed by atoms with Crippen LogP contribution in [0.4, 0.5) is 0 Å². The van der Waals surface area contributed by atoms with Crippen molar-refractivity contribution >= 4 is 5.97 Å². The summed E-state index contributed by atoms with van der Waals surface area (Å²) in [6, 6.07) is 0. The third kappa shape index (κ3) is 2.36. The molecule has 1 aliphatic carbocycles. The highest BCUT2D eigenvalue weighted by atomic mass is 16.6. The van der Waals surface area contributed by atoms with Crippen LogP contribution in [0.5, 0.6) is 0 Å². The maximum Gasteiger partial charge on any atom is 0.328 e. The van der Waals surface area contributed by atoms with Crippen LogP contribution in [0.15, 0.2) is 0 Å². The molecular weight excluding hydrogens is 210 g/mol. The monoisotopic (exact) mass is 229 g/mol. The van der Waals surface area contributed by atoms with E-state index in [9.17, 15) is 4.79 Å². The van der Waals surface area contributed by atoms with E-state index in [1.807, 2.05) is 0 Å². The predicted octanol–water partition coefficient (Wildman–Crippen LogP) is 0.0724. The summed E-state index contributed by atoms with van der Waals surface area (Å²) in [6.07, 6.45) is 2.92. The fourth-order valence-electron chi connectivity index (χ4n) is 2.03. The van der Waals surface area contributed by atoms with Crippen molar-refractivity contribution in [2.75, 3.05) is 26.9 Å². The Bertz CT molecular complexity index is 261. The van der Waals surface area contributed by atoms with Gasteiger partial charge < -0.3 is 19.9 Å². The summed E-state index contributed by atoms with van der Waals surface area (Å²) in [5, 5.41) is 0. The number of ether oxygens (including phenoxy) is 3. The zero-order valence-corrected chi connectivity index (χ0v) is 9.61. The normalized spacial score (nSPS) is 28.8. The SMILES string of the molecule is COC(=O)C(N)(COC1CCOC1)C1CC1. The zero-order chi connectivity index (χ0) is 11.6. The van der Waals surface area contributed by atoms with Crippen molar-refractivity contribution in [1.82, 2.24) is 0 Å². The van der Waals surface area contributed by atoms with Crippen molar-refractivity contribution in [2.45, 2.75) is 30.9 Å². The number of hydrogen-bond acceptors (Lipinski definition) is 5. The Labute approximate surface area is 95.2 Å². The number of esters is 1. The van der Waals surface area contributed by atoms with Crippen LogP contribution in [0.3, 0.4) is 0 Å². The average molecular weight is 229 g/mol. The number of carbonyl (C=O) groups excluding carboxylic acids is 1. The van der Waals surface area contributed by atoms with E-state index in [-0.39, 0.29) is 24.6 Å². The van der Waals surface area contributed by atoms with Crippen molar-refractivity contribution in [2.24, 2.45) is 11.7 Å². The van der Waals surface area contributed by atoms with Gasteiger partial charge in [0.2, 0.25) is 0 Å². The minimum Gasteiger partial charge on any atom is -0.468 e. The van der Waals surface area contributed by atoms with Gasteiger partial charge >= 0.3 is 5.97 Å². The molecule has 1 saturated carbocycles. The van der Waals surface area contributed by atoms with Gasteiger partial charge in [0.15, 0.2) is 0 Å². The molecule has 5 nitrogen and oxygen atoms in total. The summed E-state index contributed by atoms with van der Waals surface area (Å²) < 4.78 is 15.6. The zero-order valence-electron chi connectivity index (χ0n) is 9.61. The minimum atomic E-state index is -0.961. The molecule has 2 rings (SSSR count). The molecule has 2 fully saturated rings. The molecule has 0 amide bonds. The maximum absolute atomic E-state index is 11.7. The van der Waals surface area contributed by atoms with Crippen molar-refractivity contribution in [3.05, 3.63) is 0 Å². The number of nitrogens with two attached hydrogens (primary N) is 1. The van der Waals surface area contributed by atoms with E-state index in [1.165, 1.54) is 7.11 Å². The van der Waals surface area contributed by atoms with Gasteiger partial charge in [0.25, 0.3) is 0 Å². The molecule has 1 heterocycles. The summed E-state index contributed by atoms with van der Waals surface area (Å²) >= 11 is 0. The highest BCUT2D eigenvalue weighted by Gasteiger charge is 2.49. The quantitative estimate of drug-likeness (QED) is 0.676. The highest BCUT2D eigenvalue weighted by molar-refractivity contribution is 5.81. The minimum absolute atomic E-state index is 0.0753. The summed E-state index contributed by atoms with van der Waals surface area (Å²) in [5.41, 5.74) is 5.13. The van der Waals surface area contributed by atoms with Crippen molar-refractivity contribution in [3.8, 4) is 0 Å². The molecule has 92 valence electrons. The Morgan fingerprint density at radius 2 is 2.25 bits per heavy atom. The Morgan fingerprint density at radius 3 is 2.75 bits per heavy atom. The fraction of sp³-hybridized carbons (Fsp3) is 0.909. The summed E-state index contributed by atoms with van der Waals surface area (Å²) in [6.45, 7) is 1.56. The molecule has 2 aliphatic rings. The first-order valence-corrected chi connectivity index (χ1v) is 5.73. The third-order valence-electron chi connectivity index (χ3n) is 3.32. The molecule has 5 heteroatoms. The van der Waals surface area contributed by atoms with Crippen LogP contribution in [0.2, 0.25) is 0 Å².